The summed E-state index contributed by atoms with van der Waals surface area (Å²) in [5.41, 5.74) is 0. The molecule has 1 aliphatic heterocycles. The van der Waals surface area contributed by atoms with E-state index < -0.39 is 49.5 Å². The maximum absolute atomic E-state index is 13.1. The molecule has 9 heteroatoms. The van der Waals surface area contributed by atoms with E-state index in [2.05, 4.69) is 43.5 Å². The molecule has 0 bridgehead atoms. The predicted molar refractivity (Wildman–Crippen MR) is 304 cm³/mol. The van der Waals surface area contributed by atoms with Crippen LogP contribution >= 0.6 is 0 Å². The Kier molecular flexibility index (Phi) is 50.6. The number of carbonyl (C=O) groups excluding carboxylic acids is 1. The average molecular weight is 1020 g/mol. The van der Waals surface area contributed by atoms with E-state index in [0.717, 1.165) is 44.9 Å². The summed E-state index contributed by atoms with van der Waals surface area (Å²) in [6, 6.07) is -0.717. The van der Waals surface area contributed by atoms with Crippen molar-refractivity contribution in [1.82, 2.24) is 5.32 Å². The van der Waals surface area contributed by atoms with Crippen LogP contribution in [0.1, 0.15) is 316 Å². The molecular formula is C63H121NO8. The summed E-state index contributed by atoms with van der Waals surface area (Å²) in [4.78, 5) is 13.1. The lowest BCUT2D eigenvalue weighted by atomic mass is 9.99. The van der Waals surface area contributed by atoms with Crippen molar-refractivity contribution in [3.8, 4) is 0 Å². The normalized spacial score (nSPS) is 19.2. The summed E-state index contributed by atoms with van der Waals surface area (Å²) in [5.74, 6) is -0.138. The van der Waals surface area contributed by atoms with Gasteiger partial charge in [-0.1, -0.05) is 289 Å². The van der Waals surface area contributed by atoms with Gasteiger partial charge in [0.1, 0.15) is 24.4 Å². The maximum atomic E-state index is 13.1. The highest BCUT2D eigenvalue weighted by molar-refractivity contribution is 5.76. The number of hydrogen-bond donors (Lipinski definition) is 6. The fourth-order valence-corrected chi connectivity index (χ4v) is 10.3. The van der Waals surface area contributed by atoms with Crippen LogP contribution in [0.15, 0.2) is 24.3 Å². The molecule has 1 amide bonds. The van der Waals surface area contributed by atoms with Crippen LogP contribution in [-0.2, 0) is 14.3 Å². The zero-order chi connectivity index (χ0) is 52.2. The van der Waals surface area contributed by atoms with Crippen molar-refractivity contribution in [1.29, 1.82) is 0 Å². The zero-order valence-electron chi connectivity index (χ0n) is 47.5. The Labute approximate surface area is 445 Å². The van der Waals surface area contributed by atoms with Crippen molar-refractivity contribution in [2.45, 2.75) is 358 Å². The van der Waals surface area contributed by atoms with Crippen molar-refractivity contribution in [3.63, 3.8) is 0 Å². The highest BCUT2D eigenvalue weighted by Gasteiger charge is 2.44. The lowest BCUT2D eigenvalue weighted by Gasteiger charge is -2.40. The summed E-state index contributed by atoms with van der Waals surface area (Å²) in [5, 5.41) is 54.8. The summed E-state index contributed by atoms with van der Waals surface area (Å²) < 4.78 is 11.3. The van der Waals surface area contributed by atoms with Crippen molar-refractivity contribution < 1.29 is 39.8 Å². The molecule has 0 aromatic carbocycles. The molecule has 1 heterocycles. The fourth-order valence-electron chi connectivity index (χ4n) is 10.3. The molecule has 0 radical (unpaired) electrons. The first-order chi connectivity index (χ1) is 35.3. The standard InChI is InChI=1S/C63H121NO8/c1-3-5-7-9-11-13-15-17-19-21-23-25-26-27-28-29-30-31-32-33-35-37-39-41-43-45-47-49-51-53-59(67)64-56(55-71-63-62(70)61(69)60(68)58(54-65)72-63)57(66)52-50-48-46-44-42-40-38-36-34-24-22-20-18-16-14-12-10-8-6-4-2/h15,17,21,23,56-58,60-63,65-66,68-70H,3-14,16,18-20,22,24-55H2,1-2H3,(H,64,67)/b17-15-,23-21-. The number of aliphatic hydroxyl groups is 5. The molecular weight excluding hydrogens is 899 g/mol. The third-order valence-electron chi connectivity index (χ3n) is 15.3. The number of allylic oxidation sites excluding steroid dienone is 4. The molecule has 1 saturated heterocycles. The second-order valence-electron chi connectivity index (χ2n) is 22.2. The molecule has 1 aliphatic rings. The van der Waals surface area contributed by atoms with Crippen molar-refractivity contribution in [2.24, 2.45) is 0 Å². The number of aliphatic hydroxyl groups excluding tert-OH is 5. The highest BCUT2D eigenvalue weighted by atomic mass is 16.7. The van der Waals surface area contributed by atoms with E-state index in [-0.39, 0.29) is 12.5 Å². The smallest absolute Gasteiger partial charge is 0.220 e. The molecule has 7 unspecified atom stereocenters. The van der Waals surface area contributed by atoms with Gasteiger partial charge in [0.2, 0.25) is 5.91 Å². The number of amides is 1. The van der Waals surface area contributed by atoms with E-state index in [9.17, 15) is 30.3 Å². The van der Waals surface area contributed by atoms with Gasteiger partial charge in [0.15, 0.2) is 6.29 Å². The van der Waals surface area contributed by atoms with Gasteiger partial charge in [0.25, 0.3) is 0 Å². The van der Waals surface area contributed by atoms with E-state index in [1.165, 1.54) is 244 Å². The van der Waals surface area contributed by atoms with Crippen LogP contribution in [0.4, 0.5) is 0 Å². The van der Waals surface area contributed by atoms with Crippen LogP contribution in [0.2, 0.25) is 0 Å². The average Bonchev–Trinajstić information content (AvgIpc) is 3.38. The van der Waals surface area contributed by atoms with Crippen molar-refractivity contribution in [2.75, 3.05) is 13.2 Å². The maximum Gasteiger partial charge on any atom is 0.220 e. The summed E-state index contributed by atoms with van der Waals surface area (Å²) in [7, 11) is 0. The van der Waals surface area contributed by atoms with Crippen LogP contribution in [0.25, 0.3) is 0 Å². The molecule has 1 rings (SSSR count). The van der Waals surface area contributed by atoms with Gasteiger partial charge in [-0.3, -0.25) is 4.79 Å². The summed E-state index contributed by atoms with van der Waals surface area (Å²) in [6.45, 7) is 3.87. The largest absolute Gasteiger partial charge is 0.394 e. The Bertz CT molecular complexity index is 1180. The van der Waals surface area contributed by atoms with Gasteiger partial charge >= 0.3 is 0 Å². The first-order valence-electron chi connectivity index (χ1n) is 31.5. The van der Waals surface area contributed by atoms with Crippen LogP contribution in [0.5, 0.6) is 0 Å². The molecule has 0 saturated carbocycles. The van der Waals surface area contributed by atoms with Crippen LogP contribution in [0.3, 0.4) is 0 Å². The minimum absolute atomic E-state index is 0.134. The van der Waals surface area contributed by atoms with E-state index in [4.69, 9.17) is 9.47 Å². The highest BCUT2D eigenvalue weighted by Crippen LogP contribution is 2.23. The van der Waals surface area contributed by atoms with Gasteiger partial charge in [0.05, 0.1) is 25.4 Å². The monoisotopic (exact) mass is 1020 g/mol. The van der Waals surface area contributed by atoms with Gasteiger partial charge < -0.3 is 40.3 Å². The van der Waals surface area contributed by atoms with Crippen LogP contribution in [0, 0.1) is 0 Å². The molecule has 7 atom stereocenters. The zero-order valence-corrected chi connectivity index (χ0v) is 47.5. The van der Waals surface area contributed by atoms with E-state index in [0.29, 0.717) is 12.8 Å². The minimum atomic E-state index is -1.55. The quantitative estimate of drug-likeness (QED) is 0.0261. The number of ether oxygens (including phenoxy) is 2. The number of nitrogens with one attached hydrogen (secondary N) is 1. The Morgan fingerprint density at radius 1 is 0.472 bits per heavy atom. The number of hydrogen-bond acceptors (Lipinski definition) is 8. The first-order valence-corrected chi connectivity index (χ1v) is 31.5. The van der Waals surface area contributed by atoms with Gasteiger partial charge in [0, 0.05) is 6.42 Å². The van der Waals surface area contributed by atoms with Gasteiger partial charge in [-0.25, -0.2) is 0 Å². The molecule has 426 valence electrons. The Morgan fingerprint density at radius 2 is 0.819 bits per heavy atom. The Morgan fingerprint density at radius 3 is 1.19 bits per heavy atom. The molecule has 1 fully saturated rings. The predicted octanol–water partition coefficient (Wildman–Crippen LogP) is 16.1. The van der Waals surface area contributed by atoms with E-state index in [1.807, 2.05) is 0 Å². The Balaban J connectivity index is 2.14. The van der Waals surface area contributed by atoms with Gasteiger partial charge in [-0.2, -0.15) is 0 Å². The third kappa shape index (κ3) is 41.9. The molecule has 9 nitrogen and oxygen atoms in total. The minimum Gasteiger partial charge on any atom is -0.394 e. The third-order valence-corrected chi connectivity index (χ3v) is 15.3. The van der Waals surface area contributed by atoms with Crippen LogP contribution in [-0.4, -0.2) is 87.5 Å². The second-order valence-corrected chi connectivity index (χ2v) is 22.2. The number of rotatable bonds is 55. The van der Waals surface area contributed by atoms with E-state index >= 15 is 0 Å². The number of carbonyl (C=O) groups is 1. The van der Waals surface area contributed by atoms with Gasteiger partial charge in [-0.05, 0) is 44.9 Å². The van der Waals surface area contributed by atoms with Crippen molar-refractivity contribution in [3.05, 3.63) is 24.3 Å². The molecule has 6 N–H and O–H groups in total. The lowest BCUT2D eigenvalue weighted by molar-refractivity contribution is -0.302. The summed E-state index contributed by atoms with van der Waals surface area (Å²) in [6.07, 6.45) is 60.7. The topological polar surface area (TPSA) is 149 Å². The lowest BCUT2D eigenvalue weighted by Crippen LogP contribution is -2.60. The first kappa shape index (κ1) is 68.7. The number of unbranched alkanes of at least 4 members (excludes halogenated alkanes) is 41. The molecule has 0 aromatic rings. The van der Waals surface area contributed by atoms with Gasteiger partial charge in [-0.15, -0.1) is 0 Å². The van der Waals surface area contributed by atoms with Crippen molar-refractivity contribution >= 4 is 5.91 Å². The summed E-state index contributed by atoms with van der Waals surface area (Å²) >= 11 is 0. The molecule has 0 aliphatic carbocycles. The van der Waals surface area contributed by atoms with Crippen LogP contribution < -0.4 is 5.32 Å². The molecule has 72 heavy (non-hydrogen) atoms. The molecule has 0 aromatic heterocycles. The SMILES string of the molecule is CCCCCCC/C=C\C/C=C\CCCCCCCCCCCCCCCCCCCC(=O)NC(COC1OC(CO)C(O)C(O)C1O)C(O)CCCCCCCCCCCCCCCCCCCCCC. The Hall–Kier alpha value is -1.33. The second kappa shape index (κ2) is 53.1. The van der Waals surface area contributed by atoms with E-state index in [1.54, 1.807) is 0 Å². The fraction of sp³-hybridized carbons (Fsp3) is 0.921. The molecule has 0 spiro atoms.